The highest BCUT2D eigenvalue weighted by Crippen LogP contribution is 2.36. The fraction of sp³-hybridized carbons (Fsp3) is 0.241. The number of ether oxygens (including phenoxy) is 1. The first-order valence-corrected chi connectivity index (χ1v) is 13.1. The van der Waals surface area contributed by atoms with Crippen molar-refractivity contribution in [3.05, 3.63) is 88.9 Å². The Bertz CT molecular complexity index is 1360. The van der Waals surface area contributed by atoms with Crippen LogP contribution in [0, 0.1) is 0 Å². The van der Waals surface area contributed by atoms with Gasteiger partial charge in [0.1, 0.15) is 24.0 Å². The van der Waals surface area contributed by atoms with E-state index in [0.29, 0.717) is 18.4 Å². The first kappa shape index (κ1) is 24.9. The van der Waals surface area contributed by atoms with E-state index in [1.807, 2.05) is 67.5 Å². The highest BCUT2D eigenvalue weighted by molar-refractivity contribution is 9.10. The Hall–Kier alpha value is -3.78. The summed E-state index contributed by atoms with van der Waals surface area (Å²) < 4.78 is 7.14. The van der Waals surface area contributed by atoms with Gasteiger partial charge < -0.3 is 25.2 Å². The molecule has 0 unspecified atom stereocenters. The van der Waals surface area contributed by atoms with Gasteiger partial charge in [0.05, 0.1) is 5.56 Å². The third-order valence-corrected chi connectivity index (χ3v) is 6.93. The van der Waals surface area contributed by atoms with E-state index < -0.39 is 0 Å². The van der Waals surface area contributed by atoms with E-state index in [2.05, 4.69) is 56.1 Å². The van der Waals surface area contributed by atoms with Crippen molar-refractivity contribution >= 4 is 39.2 Å². The lowest BCUT2D eigenvalue weighted by Crippen LogP contribution is -2.47. The number of hydrogen-bond donors (Lipinski definition) is 1. The zero-order valence-electron chi connectivity index (χ0n) is 21.1. The number of benzene rings is 3. The molecule has 1 aliphatic rings. The molecule has 8 heteroatoms. The fourth-order valence-electron chi connectivity index (χ4n) is 4.52. The summed E-state index contributed by atoms with van der Waals surface area (Å²) in [6.45, 7) is 3.92. The van der Waals surface area contributed by atoms with Crippen LogP contribution in [0.5, 0.6) is 5.75 Å². The Balaban J connectivity index is 1.36. The topological polar surface area (TPSA) is 70.8 Å². The zero-order valence-corrected chi connectivity index (χ0v) is 22.7. The van der Waals surface area contributed by atoms with E-state index in [1.54, 1.807) is 0 Å². The van der Waals surface area contributed by atoms with Crippen LogP contribution in [0.3, 0.4) is 0 Å². The third-order valence-electron chi connectivity index (χ3n) is 6.44. The third kappa shape index (κ3) is 5.80. The van der Waals surface area contributed by atoms with Gasteiger partial charge in [0.15, 0.2) is 0 Å². The Morgan fingerprint density at radius 3 is 2.32 bits per heavy atom. The minimum absolute atomic E-state index is 0.461. The second-order valence-corrected chi connectivity index (χ2v) is 10.2. The molecule has 3 aromatic carbocycles. The number of hydrogen-bond acceptors (Lipinski definition) is 7. The summed E-state index contributed by atoms with van der Waals surface area (Å²) in [6, 6.07) is 26.5. The van der Waals surface area contributed by atoms with Crippen molar-refractivity contribution in [2.75, 3.05) is 60.7 Å². The molecule has 1 saturated heterocycles. The van der Waals surface area contributed by atoms with Crippen molar-refractivity contribution in [3.8, 4) is 16.9 Å². The monoisotopic (exact) mass is 558 g/mol. The highest BCUT2D eigenvalue weighted by atomic mass is 79.9. The van der Waals surface area contributed by atoms with Crippen LogP contribution in [0.1, 0.15) is 5.56 Å². The Morgan fingerprint density at radius 1 is 0.865 bits per heavy atom. The molecular weight excluding hydrogens is 528 g/mol. The molecule has 0 spiro atoms. The predicted octanol–water partition coefficient (Wildman–Crippen LogP) is 5.46. The van der Waals surface area contributed by atoms with Crippen LogP contribution in [0.25, 0.3) is 11.1 Å². The molecule has 1 fully saturated rings. The van der Waals surface area contributed by atoms with Crippen LogP contribution in [-0.2, 0) is 6.61 Å². The Morgan fingerprint density at radius 2 is 1.59 bits per heavy atom. The van der Waals surface area contributed by atoms with Gasteiger partial charge in [0.2, 0.25) is 5.95 Å². The van der Waals surface area contributed by atoms with Gasteiger partial charge in [-0.15, -0.1) is 0 Å². The standard InChI is InChI=1S/C29H31BrN6O/c1-34(2)28-26(22-10-6-13-25(18-22)37-20-21-8-4-3-5-9-21)27(31)32-29(33-28)36-16-14-35(15-17-36)24-12-7-11-23(30)19-24/h3-13,18-19H,14-17,20H2,1-2H3,(H2,31,32,33). The molecule has 0 radical (unpaired) electrons. The molecule has 0 amide bonds. The first-order valence-electron chi connectivity index (χ1n) is 12.4. The van der Waals surface area contributed by atoms with Gasteiger partial charge >= 0.3 is 0 Å². The molecule has 0 atom stereocenters. The number of nitrogens with two attached hydrogens (primary N) is 1. The summed E-state index contributed by atoms with van der Waals surface area (Å²) in [4.78, 5) is 16.3. The maximum Gasteiger partial charge on any atom is 0.229 e. The van der Waals surface area contributed by atoms with Gasteiger partial charge in [-0.25, -0.2) is 0 Å². The van der Waals surface area contributed by atoms with Crippen molar-refractivity contribution < 1.29 is 4.74 Å². The van der Waals surface area contributed by atoms with Crippen molar-refractivity contribution in [2.24, 2.45) is 0 Å². The number of nitrogens with zero attached hydrogens (tertiary/aromatic N) is 5. The Kier molecular flexibility index (Phi) is 7.46. The van der Waals surface area contributed by atoms with Gasteiger partial charge in [-0.1, -0.05) is 64.5 Å². The molecule has 1 aromatic heterocycles. The second-order valence-electron chi connectivity index (χ2n) is 9.26. The number of anilines is 4. The van der Waals surface area contributed by atoms with Gasteiger partial charge in [0, 0.05) is 50.4 Å². The lowest BCUT2D eigenvalue weighted by Gasteiger charge is -2.36. The summed E-state index contributed by atoms with van der Waals surface area (Å²) in [7, 11) is 3.96. The second kappa shape index (κ2) is 11.1. The maximum atomic E-state index is 6.59. The molecule has 4 aromatic rings. The predicted molar refractivity (Wildman–Crippen MR) is 156 cm³/mol. The van der Waals surface area contributed by atoms with Gasteiger partial charge in [-0.05, 0) is 41.5 Å². The van der Waals surface area contributed by atoms with E-state index in [1.165, 1.54) is 5.69 Å². The van der Waals surface area contributed by atoms with E-state index in [0.717, 1.165) is 58.9 Å². The van der Waals surface area contributed by atoms with Crippen molar-refractivity contribution in [3.63, 3.8) is 0 Å². The molecule has 2 heterocycles. The molecule has 0 aliphatic carbocycles. The van der Waals surface area contributed by atoms with Gasteiger partial charge in [0.25, 0.3) is 0 Å². The molecule has 37 heavy (non-hydrogen) atoms. The lowest BCUT2D eigenvalue weighted by molar-refractivity contribution is 0.306. The van der Waals surface area contributed by atoms with Crippen LogP contribution >= 0.6 is 15.9 Å². The first-order chi connectivity index (χ1) is 18.0. The Labute approximate surface area is 226 Å². The smallest absolute Gasteiger partial charge is 0.229 e. The van der Waals surface area contributed by atoms with Crippen LogP contribution in [0.4, 0.5) is 23.3 Å². The molecule has 2 N–H and O–H groups in total. The van der Waals surface area contributed by atoms with E-state index in [4.69, 9.17) is 20.4 Å². The summed E-state index contributed by atoms with van der Waals surface area (Å²) in [5.41, 5.74) is 10.7. The van der Waals surface area contributed by atoms with Gasteiger partial charge in [-0.2, -0.15) is 9.97 Å². The molecule has 1 aliphatic heterocycles. The number of piperazine rings is 1. The normalized spacial score (nSPS) is 13.5. The molecule has 0 saturated carbocycles. The van der Waals surface area contributed by atoms with Crippen LogP contribution < -0.4 is 25.2 Å². The zero-order chi connectivity index (χ0) is 25.8. The largest absolute Gasteiger partial charge is 0.489 e. The average Bonchev–Trinajstić information content (AvgIpc) is 2.92. The van der Waals surface area contributed by atoms with Gasteiger partial charge in [-0.3, -0.25) is 0 Å². The van der Waals surface area contributed by atoms with Crippen LogP contribution in [0.2, 0.25) is 0 Å². The quantitative estimate of drug-likeness (QED) is 0.323. The molecule has 190 valence electrons. The van der Waals surface area contributed by atoms with E-state index >= 15 is 0 Å². The fourth-order valence-corrected chi connectivity index (χ4v) is 4.90. The average molecular weight is 560 g/mol. The molecular formula is C29H31BrN6O. The number of aromatic nitrogens is 2. The summed E-state index contributed by atoms with van der Waals surface area (Å²) in [6.07, 6.45) is 0. The minimum Gasteiger partial charge on any atom is -0.489 e. The molecule has 7 nitrogen and oxygen atoms in total. The van der Waals surface area contributed by atoms with Crippen molar-refractivity contribution in [1.29, 1.82) is 0 Å². The van der Waals surface area contributed by atoms with E-state index in [9.17, 15) is 0 Å². The SMILES string of the molecule is CN(C)c1nc(N2CCN(c3cccc(Br)c3)CC2)nc(N)c1-c1cccc(OCc2ccccc2)c1. The minimum atomic E-state index is 0.461. The lowest BCUT2D eigenvalue weighted by atomic mass is 10.1. The van der Waals surface area contributed by atoms with Crippen molar-refractivity contribution in [1.82, 2.24) is 9.97 Å². The number of rotatable bonds is 7. The highest BCUT2D eigenvalue weighted by Gasteiger charge is 2.23. The molecule has 0 bridgehead atoms. The van der Waals surface area contributed by atoms with E-state index in [-0.39, 0.29) is 0 Å². The van der Waals surface area contributed by atoms with Crippen molar-refractivity contribution in [2.45, 2.75) is 6.61 Å². The maximum absolute atomic E-state index is 6.59. The van der Waals surface area contributed by atoms with Crippen LogP contribution in [-0.4, -0.2) is 50.2 Å². The summed E-state index contributed by atoms with van der Waals surface area (Å²) >= 11 is 3.57. The molecule has 5 rings (SSSR count). The number of nitrogen functional groups attached to an aromatic ring is 1. The number of halogens is 1. The van der Waals surface area contributed by atoms with Crippen LogP contribution in [0.15, 0.2) is 83.3 Å². The summed E-state index contributed by atoms with van der Waals surface area (Å²) in [5, 5.41) is 0. The summed E-state index contributed by atoms with van der Waals surface area (Å²) in [5.74, 6) is 2.69.